The van der Waals surface area contributed by atoms with Gasteiger partial charge in [0.1, 0.15) is 0 Å². The van der Waals surface area contributed by atoms with Crippen LogP contribution in [0.15, 0.2) is 29.6 Å². The summed E-state index contributed by atoms with van der Waals surface area (Å²) in [6.45, 7) is 5.00. The molecular weight excluding hydrogens is 369 g/mol. The largest absolute Gasteiger partial charge is 0.379 e. The van der Waals surface area contributed by atoms with Gasteiger partial charge in [-0.3, -0.25) is 4.40 Å². The minimum Gasteiger partial charge on any atom is -0.379 e. The molecule has 2 heterocycles. The Kier molecular flexibility index (Phi) is 3.49. The average molecular weight is 383 g/mol. The molecule has 3 nitrogen and oxygen atoms in total. The molecule has 5 heteroatoms. The van der Waals surface area contributed by atoms with E-state index < -0.39 is 0 Å². The number of nitrogens with zero attached hydrogens (tertiary/aromatic N) is 2. The molecule has 3 rings (SSSR count). The summed E-state index contributed by atoms with van der Waals surface area (Å²) in [7, 11) is 0. The maximum Gasteiger partial charge on any atom is 0.194 e. The number of fused-ring (bicyclic) bond motifs is 1. The van der Waals surface area contributed by atoms with Crippen LogP contribution in [0, 0.1) is 17.4 Å². The summed E-state index contributed by atoms with van der Waals surface area (Å²) >= 11 is 4.05. The van der Waals surface area contributed by atoms with Crippen LogP contribution < -0.4 is 5.32 Å². The van der Waals surface area contributed by atoms with E-state index in [0.29, 0.717) is 0 Å². The van der Waals surface area contributed by atoms with Crippen molar-refractivity contribution < 1.29 is 0 Å². The number of para-hydroxylation sites is 1. The van der Waals surface area contributed by atoms with Crippen LogP contribution in [-0.2, 0) is 6.54 Å². The van der Waals surface area contributed by atoms with Crippen molar-refractivity contribution in [3.05, 3.63) is 50.3 Å². The fraction of sp³-hybridized carbons (Fsp3) is 0.214. The molecule has 0 aliphatic rings. The van der Waals surface area contributed by atoms with Crippen molar-refractivity contribution in [1.82, 2.24) is 9.38 Å². The molecule has 0 amide bonds. The number of thiazole rings is 1. The summed E-state index contributed by atoms with van der Waals surface area (Å²) in [5.41, 5.74) is 4.77. The molecule has 0 unspecified atom stereocenters. The number of nitrogens with one attached hydrogen (secondary N) is 1. The van der Waals surface area contributed by atoms with Gasteiger partial charge in [0.05, 0.1) is 17.9 Å². The van der Waals surface area contributed by atoms with Crippen LogP contribution in [0.1, 0.15) is 17.1 Å². The van der Waals surface area contributed by atoms with E-state index in [-0.39, 0.29) is 0 Å². The van der Waals surface area contributed by atoms with Gasteiger partial charge in [0.2, 0.25) is 0 Å². The molecule has 19 heavy (non-hydrogen) atoms. The number of aromatic nitrogens is 2. The highest BCUT2D eigenvalue weighted by atomic mass is 127. The van der Waals surface area contributed by atoms with Crippen molar-refractivity contribution >= 4 is 44.6 Å². The fourth-order valence-corrected chi connectivity index (χ4v) is 3.67. The molecule has 1 aromatic carbocycles. The highest BCUT2D eigenvalue weighted by Gasteiger charge is 2.12. The maximum atomic E-state index is 4.61. The van der Waals surface area contributed by atoms with Gasteiger partial charge in [-0.2, -0.15) is 0 Å². The zero-order valence-corrected chi connectivity index (χ0v) is 13.7. The first-order valence-electron chi connectivity index (χ1n) is 6.07. The zero-order valence-electron chi connectivity index (χ0n) is 10.8. The monoisotopic (exact) mass is 383 g/mol. The molecule has 0 saturated carbocycles. The molecule has 1 N–H and O–H groups in total. The summed E-state index contributed by atoms with van der Waals surface area (Å²) in [6.07, 6.45) is 0. The van der Waals surface area contributed by atoms with Gasteiger partial charge in [0.15, 0.2) is 4.96 Å². The first-order valence-corrected chi connectivity index (χ1v) is 8.03. The molecule has 0 spiro atoms. The molecule has 0 bridgehead atoms. The van der Waals surface area contributed by atoms with E-state index in [2.05, 4.69) is 80.8 Å². The number of rotatable bonds is 3. The minimum absolute atomic E-state index is 0.796. The number of hydrogen-bond donors (Lipinski definition) is 1. The SMILES string of the molecule is Cc1nc2scc(C)n2c1CNc1ccccc1I. The Labute approximate surface area is 129 Å². The van der Waals surface area contributed by atoms with Gasteiger partial charge in [-0.25, -0.2) is 4.98 Å². The van der Waals surface area contributed by atoms with Crippen molar-refractivity contribution in [1.29, 1.82) is 0 Å². The number of imidazole rings is 1. The maximum absolute atomic E-state index is 4.61. The Morgan fingerprint density at radius 3 is 2.89 bits per heavy atom. The van der Waals surface area contributed by atoms with E-state index in [9.17, 15) is 0 Å². The normalized spacial score (nSPS) is 11.1. The third-order valence-corrected chi connectivity index (χ3v) is 5.03. The van der Waals surface area contributed by atoms with Gasteiger partial charge >= 0.3 is 0 Å². The lowest BCUT2D eigenvalue weighted by Gasteiger charge is -2.09. The molecule has 0 saturated heterocycles. The molecule has 98 valence electrons. The number of anilines is 1. The standard InChI is InChI=1S/C14H14IN3S/c1-9-8-19-14-17-10(2)13(18(9)14)7-16-12-6-4-3-5-11(12)15/h3-6,8,16H,7H2,1-2H3. The molecule has 3 aromatic rings. The summed E-state index contributed by atoms with van der Waals surface area (Å²) in [6, 6.07) is 8.32. The predicted molar refractivity (Wildman–Crippen MR) is 89.0 cm³/mol. The van der Waals surface area contributed by atoms with Crippen LogP contribution in [0.3, 0.4) is 0 Å². The average Bonchev–Trinajstić information content (AvgIpc) is 2.89. The van der Waals surface area contributed by atoms with E-state index >= 15 is 0 Å². The van der Waals surface area contributed by atoms with Crippen molar-refractivity contribution in [2.75, 3.05) is 5.32 Å². The second kappa shape index (κ2) is 5.13. The highest BCUT2D eigenvalue weighted by Crippen LogP contribution is 2.22. The Bertz CT molecular complexity index is 729. The summed E-state index contributed by atoms with van der Waals surface area (Å²) < 4.78 is 3.48. The molecule has 0 aliphatic heterocycles. The minimum atomic E-state index is 0.796. The lowest BCUT2D eigenvalue weighted by molar-refractivity contribution is 0.965. The summed E-state index contributed by atoms with van der Waals surface area (Å²) in [4.78, 5) is 5.69. The lowest BCUT2D eigenvalue weighted by atomic mass is 10.3. The number of aryl methyl sites for hydroxylation is 2. The Morgan fingerprint density at radius 2 is 2.11 bits per heavy atom. The number of benzene rings is 1. The first kappa shape index (κ1) is 12.9. The fourth-order valence-electron chi connectivity index (χ4n) is 2.16. The Hall–Kier alpha value is -1.08. The van der Waals surface area contributed by atoms with Gasteiger partial charge < -0.3 is 5.32 Å². The zero-order chi connectivity index (χ0) is 13.4. The van der Waals surface area contributed by atoms with Crippen molar-refractivity contribution in [2.24, 2.45) is 0 Å². The second-order valence-electron chi connectivity index (χ2n) is 4.47. The first-order chi connectivity index (χ1) is 9.16. The Morgan fingerprint density at radius 1 is 1.32 bits per heavy atom. The molecule has 0 atom stereocenters. The van der Waals surface area contributed by atoms with Gasteiger partial charge in [-0.15, -0.1) is 11.3 Å². The predicted octanol–water partition coefficient (Wildman–Crippen LogP) is 4.23. The lowest BCUT2D eigenvalue weighted by Crippen LogP contribution is -2.05. The molecule has 2 aromatic heterocycles. The van der Waals surface area contributed by atoms with Gasteiger partial charge in [-0.05, 0) is 48.6 Å². The van der Waals surface area contributed by atoms with Crippen LogP contribution in [0.2, 0.25) is 0 Å². The molecular formula is C14H14IN3S. The van der Waals surface area contributed by atoms with E-state index in [1.54, 1.807) is 11.3 Å². The van der Waals surface area contributed by atoms with E-state index in [1.165, 1.54) is 20.6 Å². The third kappa shape index (κ3) is 2.36. The quantitative estimate of drug-likeness (QED) is 0.686. The van der Waals surface area contributed by atoms with Crippen LogP contribution >= 0.6 is 33.9 Å². The molecule has 0 fully saturated rings. The van der Waals surface area contributed by atoms with Crippen molar-refractivity contribution in [3.8, 4) is 0 Å². The highest BCUT2D eigenvalue weighted by molar-refractivity contribution is 14.1. The number of hydrogen-bond acceptors (Lipinski definition) is 3. The van der Waals surface area contributed by atoms with Gasteiger partial charge in [-0.1, -0.05) is 12.1 Å². The molecule has 0 aliphatic carbocycles. The smallest absolute Gasteiger partial charge is 0.194 e. The van der Waals surface area contributed by atoms with Crippen molar-refractivity contribution in [3.63, 3.8) is 0 Å². The van der Waals surface area contributed by atoms with E-state index in [1.807, 2.05) is 0 Å². The Balaban J connectivity index is 1.92. The van der Waals surface area contributed by atoms with E-state index in [4.69, 9.17) is 0 Å². The van der Waals surface area contributed by atoms with Crippen LogP contribution in [0.4, 0.5) is 5.69 Å². The van der Waals surface area contributed by atoms with Crippen molar-refractivity contribution in [2.45, 2.75) is 20.4 Å². The topological polar surface area (TPSA) is 29.3 Å². The van der Waals surface area contributed by atoms with Crippen LogP contribution in [0.5, 0.6) is 0 Å². The third-order valence-electron chi connectivity index (χ3n) is 3.15. The second-order valence-corrected chi connectivity index (χ2v) is 6.47. The summed E-state index contributed by atoms with van der Waals surface area (Å²) in [5.74, 6) is 0. The summed E-state index contributed by atoms with van der Waals surface area (Å²) in [5, 5.41) is 5.65. The van der Waals surface area contributed by atoms with Gasteiger partial charge in [0.25, 0.3) is 0 Å². The molecule has 0 radical (unpaired) electrons. The van der Waals surface area contributed by atoms with Crippen LogP contribution in [0.25, 0.3) is 4.96 Å². The van der Waals surface area contributed by atoms with Gasteiger partial charge in [0, 0.05) is 20.3 Å². The van der Waals surface area contributed by atoms with Crippen LogP contribution in [-0.4, -0.2) is 9.38 Å². The number of halogens is 1. The van der Waals surface area contributed by atoms with E-state index in [0.717, 1.165) is 17.2 Å².